The summed E-state index contributed by atoms with van der Waals surface area (Å²) in [5.41, 5.74) is 1.59. The normalized spacial score (nSPS) is 10.6. The summed E-state index contributed by atoms with van der Waals surface area (Å²) in [6.45, 7) is 0.0866. The van der Waals surface area contributed by atoms with E-state index in [9.17, 15) is 14.9 Å². The molecule has 24 heavy (non-hydrogen) atoms. The topological polar surface area (TPSA) is 72.7 Å². The number of nitro benzene ring substituents is 1. The lowest BCUT2D eigenvalue weighted by molar-refractivity contribution is -0.384. The molecule has 0 saturated carbocycles. The molecule has 6 heteroatoms. The van der Waals surface area contributed by atoms with Crippen LogP contribution in [0.1, 0.15) is 15.9 Å². The number of non-ortho nitro benzene ring substituents is 1. The Morgan fingerprint density at radius 1 is 1.21 bits per heavy atom. The highest BCUT2D eigenvalue weighted by molar-refractivity contribution is 5.96. The highest BCUT2D eigenvalue weighted by Gasteiger charge is 2.18. The van der Waals surface area contributed by atoms with Gasteiger partial charge >= 0.3 is 5.97 Å². The molecule has 0 aliphatic carbocycles. The maximum Gasteiger partial charge on any atom is 0.340 e. The van der Waals surface area contributed by atoms with Crippen molar-refractivity contribution < 1.29 is 14.5 Å². The van der Waals surface area contributed by atoms with Gasteiger partial charge in [0.15, 0.2) is 0 Å². The van der Waals surface area contributed by atoms with E-state index in [0.717, 1.165) is 5.56 Å². The van der Waals surface area contributed by atoms with Gasteiger partial charge in [0.2, 0.25) is 0 Å². The van der Waals surface area contributed by atoms with E-state index in [1.807, 2.05) is 36.4 Å². The lowest BCUT2D eigenvalue weighted by Crippen LogP contribution is -2.16. The van der Waals surface area contributed by atoms with Gasteiger partial charge in [0.25, 0.3) is 5.69 Å². The summed E-state index contributed by atoms with van der Waals surface area (Å²) in [4.78, 5) is 24.3. The van der Waals surface area contributed by atoms with Gasteiger partial charge in [-0.15, -0.1) is 0 Å². The second-order valence-corrected chi connectivity index (χ2v) is 5.26. The minimum atomic E-state index is -0.597. The molecule has 2 rings (SSSR count). The maximum atomic E-state index is 12.3. The fraction of sp³-hybridized carbons (Fsp3) is 0.167. The summed E-state index contributed by atoms with van der Waals surface area (Å²) in [6, 6.07) is 13.7. The van der Waals surface area contributed by atoms with Crippen LogP contribution in [0.15, 0.2) is 54.6 Å². The van der Waals surface area contributed by atoms with Gasteiger partial charge in [0, 0.05) is 26.2 Å². The van der Waals surface area contributed by atoms with Crippen LogP contribution in [0.5, 0.6) is 0 Å². The van der Waals surface area contributed by atoms with Crippen LogP contribution < -0.4 is 4.90 Å². The highest BCUT2D eigenvalue weighted by atomic mass is 16.6. The second-order valence-electron chi connectivity index (χ2n) is 5.26. The van der Waals surface area contributed by atoms with E-state index in [4.69, 9.17) is 4.74 Å². The fourth-order valence-corrected chi connectivity index (χ4v) is 2.14. The molecule has 0 saturated heterocycles. The number of nitrogens with zero attached hydrogens (tertiary/aromatic N) is 2. The number of carbonyl (C=O) groups is 1. The van der Waals surface area contributed by atoms with E-state index in [1.54, 1.807) is 25.1 Å². The zero-order chi connectivity index (χ0) is 17.5. The van der Waals surface area contributed by atoms with Crippen LogP contribution in [-0.4, -0.2) is 31.6 Å². The summed E-state index contributed by atoms with van der Waals surface area (Å²) in [5, 5.41) is 10.9. The minimum Gasteiger partial charge on any atom is -0.458 e. The Morgan fingerprint density at radius 3 is 2.54 bits per heavy atom. The average molecular weight is 326 g/mol. The first-order valence-corrected chi connectivity index (χ1v) is 7.33. The van der Waals surface area contributed by atoms with E-state index in [-0.39, 0.29) is 17.9 Å². The maximum absolute atomic E-state index is 12.3. The van der Waals surface area contributed by atoms with Crippen molar-refractivity contribution in [3.8, 4) is 0 Å². The van der Waals surface area contributed by atoms with E-state index in [2.05, 4.69) is 0 Å². The minimum absolute atomic E-state index is 0.0866. The Hall–Kier alpha value is -3.15. The molecule has 2 aromatic rings. The molecular weight excluding hydrogens is 308 g/mol. The molecule has 0 bridgehead atoms. The molecule has 124 valence electrons. The smallest absolute Gasteiger partial charge is 0.340 e. The molecule has 0 aromatic heterocycles. The van der Waals surface area contributed by atoms with Crippen LogP contribution in [-0.2, 0) is 4.74 Å². The largest absolute Gasteiger partial charge is 0.458 e. The van der Waals surface area contributed by atoms with Gasteiger partial charge < -0.3 is 9.64 Å². The first-order valence-electron chi connectivity index (χ1n) is 7.33. The van der Waals surface area contributed by atoms with Crippen molar-refractivity contribution in [2.75, 3.05) is 25.6 Å². The van der Waals surface area contributed by atoms with E-state index >= 15 is 0 Å². The number of benzene rings is 2. The third-order valence-corrected chi connectivity index (χ3v) is 3.31. The Balaban J connectivity index is 2.09. The SMILES string of the molecule is CN(C)c1ccc([N+](=O)[O-])cc1C(=O)OC/C=C/c1ccccc1. The lowest BCUT2D eigenvalue weighted by atomic mass is 10.1. The van der Waals surface area contributed by atoms with Crippen molar-refractivity contribution in [2.24, 2.45) is 0 Å². The van der Waals surface area contributed by atoms with Crippen LogP contribution in [0.2, 0.25) is 0 Å². The molecular formula is C18H18N2O4. The van der Waals surface area contributed by atoms with Gasteiger partial charge in [-0.2, -0.15) is 0 Å². The lowest BCUT2D eigenvalue weighted by Gasteiger charge is -2.16. The predicted molar refractivity (Wildman–Crippen MR) is 93.2 cm³/mol. The zero-order valence-corrected chi connectivity index (χ0v) is 13.5. The molecule has 0 unspecified atom stereocenters. The zero-order valence-electron chi connectivity index (χ0n) is 13.5. The number of nitro groups is 1. The van der Waals surface area contributed by atoms with Crippen molar-refractivity contribution >= 4 is 23.4 Å². The number of esters is 1. The third-order valence-electron chi connectivity index (χ3n) is 3.31. The summed E-state index contributed by atoms with van der Waals surface area (Å²) in [5.74, 6) is -0.597. The monoisotopic (exact) mass is 326 g/mol. The van der Waals surface area contributed by atoms with E-state index in [0.29, 0.717) is 5.69 Å². The Labute approximate surface area is 140 Å². The third kappa shape index (κ3) is 4.42. The number of anilines is 1. The second kappa shape index (κ2) is 7.92. The summed E-state index contributed by atoms with van der Waals surface area (Å²) < 4.78 is 5.20. The fourth-order valence-electron chi connectivity index (χ4n) is 2.14. The molecule has 2 aromatic carbocycles. The number of hydrogen-bond acceptors (Lipinski definition) is 5. The molecule has 0 aliphatic rings. The standard InChI is InChI=1S/C18H18N2O4/c1-19(2)17-11-10-15(20(22)23)13-16(17)18(21)24-12-6-9-14-7-4-3-5-8-14/h3-11,13H,12H2,1-2H3/b9-6+. The van der Waals surface area contributed by atoms with Crippen LogP contribution in [0.3, 0.4) is 0 Å². The van der Waals surface area contributed by atoms with E-state index in [1.165, 1.54) is 18.2 Å². The van der Waals surface area contributed by atoms with Crippen LogP contribution in [0.25, 0.3) is 6.08 Å². The summed E-state index contributed by atoms with van der Waals surface area (Å²) in [6.07, 6.45) is 3.56. The quantitative estimate of drug-likeness (QED) is 0.461. The van der Waals surface area contributed by atoms with Crippen molar-refractivity contribution in [1.29, 1.82) is 0 Å². The Bertz CT molecular complexity index is 755. The van der Waals surface area contributed by atoms with Crippen molar-refractivity contribution in [3.63, 3.8) is 0 Å². The van der Waals surface area contributed by atoms with Gasteiger partial charge in [-0.05, 0) is 17.7 Å². The molecule has 0 N–H and O–H groups in total. The number of carbonyl (C=O) groups excluding carboxylic acids is 1. The number of rotatable bonds is 6. The average Bonchev–Trinajstić information content (AvgIpc) is 2.58. The molecule has 0 radical (unpaired) electrons. The summed E-state index contributed by atoms with van der Waals surface area (Å²) in [7, 11) is 3.51. The molecule has 0 spiro atoms. The molecule has 0 amide bonds. The summed E-state index contributed by atoms with van der Waals surface area (Å²) >= 11 is 0. The molecule has 0 aliphatic heterocycles. The van der Waals surface area contributed by atoms with Crippen molar-refractivity contribution in [2.45, 2.75) is 0 Å². The van der Waals surface area contributed by atoms with Gasteiger partial charge in [-0.3, -0.25) is 10.1 Å². The first kappa shape index (κ1) is 17.2. The van der Waals surface area contributed by atoms with Gasteiger partial charge in [-0.1, -0.05) is 36.4 Å². The van der Waals surface area contributed by atoms with Crippen LogP contribution in [0.4, 0.5) is 11.4 Å². The first-order chi connectivity index (χ1) is 11.5. The molecule has 0 heterocycles. The van der Waals surface area contributed by atoms with Gasteiger partial charge in [-0.25, -0.2) is 4.79 Å². The predicted octanol–water partition coefficient (Wildman–Crippen LogP) is 3.53. The van der Waals surface area contributed by atoms with Crippen LogP contribution >= 0.6 is 0 Å². The van der Waals surface area contributed by atoms with Crippen LogP contribution in [0, 0.1) is 10.1 Å². The Morgan fingerprint density at radius 2 is 1.92 bits per heavy atom. The van der Waals surface area contributed by atoms with E-state index < -0.39 is 10.9 Å². The van der Waals surface area contributed by atoms with Crippen molar-refractivity contribution in [1.82, 2.24) is 0 Å². The number of ether oxygens (including phenoxy) is 1. The van der Waals surface area contributed by atoms with Crippen molar-refractivity contribution in [3.05, 3.63) is 75.8 Å². The Kier molecular flexibility index (Phi) is 5.68. The highest BCUT2D eigenvalue weighted by Crippen LogP contribution is 2.24. The molecule has 0 fully saturated rings. The number of hydrogen-bond donors (Lipinski definition) is 0. The van der Waals surface area contributed by atoms with Gasteiger partial charge in [0.05, 0.1) is 16.2 Å². The molecule has 6 nitrogen and oxygen atoms in total. The van der Waals surface area contributed by atoms with Gasteiger partial charge in [0.1, 0.15) is 6.61 Å². The molecule has 0 atom stereocenters.